The fraction of sp³-hybridized carbons (Fsp3) is 0.571. The molecule has 27 heavy (non-hydrogen) atoms. The van der Waals surface area contributed by atoms with E-state index in [9.17, 15) is 19.2 Å². The predicted octanol–water partition coefficient (Wildman–Crippen LogP) is -0.974. The molecule has 3 atom stereocenters. The van der Waals surface area contributed by atoms with Crippen LogP contribution >= 0.6 is 12.4 Å². The summed E-state index contributed by atoms with van der Waals surface area (Å²) >= 11 is 0. The Morgan fingerprint density at radius 3 is 1.81 bits per heavy atom. The van der Waals surface area contributed by atoms with Crippen molar-refractivity contribution >= 4 is 48.5 Å². The van der Waals surface area contributed by atoms with Gasteiger partial charge in [-0.15, -0.1) is 17.5 Å². The van der Waals surface area contributed by atoms with Gasteiger partial charge in [0.05, 0.1) is 6.21 Å². The van der Waals surface area contributed by atoms with E-state index in [0.29, 0.717) is 0 Å². The minimum absolute atomic E-state index is 0. The Kier molecular flexibility index (Phi) is 13.0. The van der Waals surface area contributed by atoms with E-state index in [2.05, 4.69) is 10.2 Å². The van der Waals surface area contributed by atoms with Crippen LogP contribution in [-0.4, -0.2) is 61.0 Å². The van der Waals surface area contributed by atoms with Crippen molar-refractivity contribution in [1.82, 2.24) is 0 Å². The van der Waals surface area contributed by atoms with Crippen molar-refractivity contribution in [1.29, 1.82) is 0 Å². The third kappa shape index (κ3) is 13.0. The van der Waals surface area contributed by atoms with Crippen LogP contribution in [0, 0.1) is 0 Å². The number of halogens is 1. The maximum absolute atomic E-state index is 11.4. The maximum atomic E-state index is 11.4. The number of rotatable bonds is 9. The van der Waals surface area contributed by atoms with Crippen LogP contribution in [0.3, 0.4) is 0 Å². The molecule has 0 spiro atoms. The molecule has 4 N–H and O–H groups in total. The quantitative estimate of drug-likeness (QED) is 0.157. The molecular formula is C14H23ClN4O8. The molecule has 0 aliphatic rings. The maximum Gasteiger partial charge on any atom is 0.303 e. The van der Waals surface area contributed by atoms with Gasteiger partial charge < -0.3 is 30.4 Å². The molecule has 0 bridgehead atoms. The summed E-state index contributed by atoms with van der Waals surface area (Å²) in [5.74, 6) is -3.31. The van der Waals surface area contributed by atoms with Crippen molar-refractivity contribution in [2.45, 2.75) is 46.0 Å². The molecule has 0 radical (unpaired) electrons. The number of carbonyl (C=O) groups excluding carboxylic acids is 4. The molecule has 0 heterocycles. The van der Waals surface area contributed by atoms with Crippen LogP contribution in [0.5, 0.6) is 0 Å². The summed E-state index contributed by atoms with van der Waals surface area (Å²) in [4.78, 5) is 45.2. The Bertz CT molecular complexity index is 592. The minimum Gasteiger partial charge on any atom is -0.462 e. The Balaban J connectivity index is 0. The van der Waals surface area contributed by atoms with Gasteiger partial charge in [0.15, 0.2) is 18.3 Å². The average Bonchev–Trinajstić information content (AvgIpc) is 2.46. The van der Waals surface area contributed by atoms with Crippen molar-refractivity contribution in [2.75, 3.05) is 6.61 Å². The molecule has 13 heteroatoms. The van der Waals surface area contributed by atoms with Crippen molar-refractivity contribution < 1.29 is 38.1 Å². The summed E-state index contributed by atoms with van der Waals surface area (Å²) in [5.41, 5.74) is 10.3. The molecule has 12 nitrogen and oxygen atoms in total. The first kappa shape index (κ1) is 26.3. The molecule has 0 saturated carbocycles. The number of ether oxygens (including phenoxy) is 4. The second kappa shape index (κ2) is 13.3. The van der Waals surface area contributed by atoms with E-state index in [1.807, 2.05) is 0 Å². The molecular weight excluding hydrogens is 388 g/mol. The van der Waals surface area contributed by atoms with Crippen LogP contribution in [0.4, 0.5) is 0 Å². The molecule has 0 fully saturated rings. The number of hydrogen-bond acceptors (Lipinski definition) is 10. The van der Waals surface area contributed by atoms with E-state index in [-0.39, 0.29) is 18.4 Å². The van der Waals surface area contributed by atoms with Crippen molar-refractivity contribution in [3.05, 3.63) is 0 Å². The lowest BCUT2D eigenvalue weighted by Crippen LogP contribution is -2.48. The van der Waals surface area contributed by atoms with E-state index < -0.39 is 48.8 Å². The molecule has 0 saturated heterocycles. The lowest BCUT2D eigenvalue weighted by molar-refractivity contribution is -0.183. The highest BCUT2D eigenvalue weighted by Gasteiger charge is 2.37. The highest BCUT2D eigenvalue weighted by Crippen LogP contribution is 2.14. The number of nitrogens with two attached hydrogens (primary N) is 2. The molecule has 0 amide bonds. The third-order valence-corrected chi connectivity index (χ3v) is 2.45. The number of guanidine groups is 1. The van der Waals surface area contributed by atoms with Crippen LogP contribution < -0.4 is 11.5 Å². The molecule has 0 aromatic heterocycles. The number of carbonyl (C=O) groups is 4. The van der Waals surface area contributed by atoms with E-state index in [4.69, 9.17) is 30.4 Å². The number of nitrogens with zero attached hydrogens (tertiary/aromatic N) is 2. The summed E-state index contributed by atoms with van der Waals surface area (Å²) in [6, 6.07) is 0. The number of hydrogen-bond donors (Lipinski definition) is 2. The fourth-order valence-corrected chi connectivity index (χ4v) is 1.69. The van der Waals surface area contributed by atoms with Crippen LogP contribution in [0.25, 0.3) is 0 Å². The topological polar surface area (TPSA) is 182 Å². The van der Waals surface area contributed by atoms with Crippen molar-refractivity contribution in [2.24, 2.45) is 21.7 Å². The van der Waals surface area contributed by atoms with Gasteiger partial charge in [0.25, 0.3) is 0 Å². The Morgan fingerprint density at radius 1 is 0.889 bits per heavy atom. The first-order valence-corrected chi connectivity index (χ1v) is 7.30. The first-order valence-electron chi connectivity index (χ1n) is 7.30. The second-order valence-corrected chi connectivity index (χ2v) is 4.89. The zero-order valence-corrected chi connectivity index (χ0v) is 16.1. The van der Waals surface area contributed by atoms with Gasteiger partial charge in [-0.1, -0.05) is 0 Å². The normalized spacial score (nSPS) is 13.3. The summed E-state index contributed by atoms with van der Waals surface area (Å²) in [7, 11) is 0. The highest BCUT2D eigenvalue weighted by atomic mass is 35.5. The van der Waals surface area contributed by atoms with E-state index in [1.165, 1.54) is 0 Å². The minimum atomic E-state index is -1.38. The van der Waals surface area contributed by atoms with E-state index in [1.54, 1.807) is 0 Å². The molecule has 154 valence electrons. The van der Waals surface area contributed by atoms with Crippen LogP contribution in [-0.2, 0) is 38.1 Å². The highest BCUT2D eigenvalue weighted by molar-refractivity contribution is 5.85. The van der Waals surface area contributed by atoms with Gasteiger partial charge in [-0.3, -0.25) is 19.2 Å². The average molecular weight is 411 g/mol. The Labute approximate surface area is 161 Å². The van der Waals surface area contributed by atoms with Crippen molar-refractivity contribution in [3.63, 3.8) is 0 Å². The summed E-state index contributed by atoms with van der Waals surface area (Å²) < 4.78 is 19.9. The van der Waals surface area contributed by atoms with Crippen LogP contribution in [0.2, 0.25) is 0 Å². The lowest BCUT2D eigenvalue weighted by atomic mass is 10.1. The zero-order valence-electron chi connectivity index (χ0n) is 15.2. The van der Waals surface area contributed by atoms with Crippen LogP contribution in [0.15, 0.2) is 10.2 Å². The van der Waals surface area contributed by atoms with Gasteiger partial charge in [0.1, 0.15) is 6.61 Å². The zero-order chi connectivity index (χ0) is 20.3. The number of esters is 4. The lowest BCUT2D eigenvalue weighted by Gasteiger charge is -2.29. The van der Waals surface area contributed by atoms with Gasteiger partial charge in [-0.2, -0.15) is 5.10 Å². The second-order valence-electron chi connectivity index (χ2n) is 4.89. The monoisotopic (exact) mass is 410 g/mol. The molecule has 0 aliphatic heterocycles. The Hall–Kier alpha value is -2.89. The van der Waals surface area contributed by atoms with Gasteiger partial charge in [-0.05, 0) is 0 Å². The molecule has 3 unspecified atom stereocenters. The molecule has 0 aromatic rings. The van der Waals surface area contributed by atoms with Gasteiger partial charge in [0.2, 0.25) is 5.96 Å². The molecule has 0 aromatic carbocycles. The summed E-state index contributed by atoms with van der Waals surface area (Å²) in [5, 5.41) is 6.85. The predicted molar refractivity (Wildman–Crippen MR) is 94.8 cm³/mol. The van der Waals surface area contributed by atoms with E-state index in [0.717, 1.165) is 33.9 Å². The Morgan fingerprint density at radius 2 is 1.41 bits per heavy atom. The standard InChI is InChI=1S/C14H22N4O8.ClH/c1-7(19)23-6-12(25-9(3)21)13(26-10(4)22)11(24-8(2)20)5-17-18-14(15)16;/h5,11-13H,6H2,1-4H3,(H4,15,16,18);1H/b17-5-;. The van der Waals surface area contributed by atoms with Crippen LogP contribution in [0.1, 0.15) is 27.7 Å². The van der Waals surface area contributed by atoms with Gasteiger partial charge in [-0.25, -0.2) is 0 Å². The largest absolute Gasteiger partial charge is 0.462 e. The van der Waals surface area contributed by atoms with Crippen molar-refractivity contribution in [3.8, 4) is 0 Å². The third-order valence-electron chi connectivity index (χ3n) is 2.45. The summed E-state index contributed by atoms with van der Waals surface area (Å²) in [6.07, 6.45) is -3.02. The van der Waals surface area contributed by atoms with Gasteiger partial charge in [0, 0.05) is 27.7 Å². The first-order chi connectivity index (χ1) is 12.0. The molecule has 0 rings (SSSR count). The smallest absolute Gasteiger partial charge is 0.303 e. The van der Waals surface area contributed by atoms with E-state index >= 15 is 0 Å². The van der Waals surface area contributed by atoms with Gasteiger partial charge >= 0.3 is 23.9 Å². The molecule has 0 aliphatic carbocycles. The SMILES string of the molecule is CC(=O)OCC(OC(C)=O)C(OC(C)=O)C(/C=N\N=C(N)N)OC(C)=O.Cl. The fourth-order valence-electron chi connectivity index (χ4n) is 1.69. The summed E-state index contributed by atoms with van der Waals surface area (Å²) in [6.45, 7) is 3.96.